The number of tetrazole rings is 1. The summed E-state index contributed by atoms with van der Waals surface area (Å²) in [6.07, 6.45) is 2.54. The standard InChI is InChI=1S/C26H25N5O3/c1-16(26(33)34)31(24(32)13-17-2-3-17)15-18-4-5-23-14-22(11-10-21(23)12-18)19-6-8-20(9-7-19)25-27-29-30-28-25/h4-12,14,16-17H,2-3,13,15H2,1H3,(H,33,34)(H,27,28,29,30). The summed E-state index contributed by atoms with van der Waals surface area (Å²) < 4.78 is 0. The molecular weight excluding hydrogens is 430 g/mol. The summed E-state index contributed by atoms with van der Waals surface area (Å²) >= 11 is 0. The molecule has 1 fully saturated rings. The van der Waals surface area contributed by atoms with E-state index in [1.807, 2.05) is 42.5 Å². The van der Waals surface area contributed by atoms with Crippen molar-refractivity contribution in [2.75, 3.05) is 0 Å². The number of carbonyl (C=O) groups excluding carboxylic acids is 1. The molecule has 1 saturated carbocycles. The van der Waals surface area contributed by atoms with E-state index in [1.54, 1.807) is 6.92 Å². The zero-order chi connectivity index (χ0) is 23.7. The van der Waals surface area contributed by atoms with Crippen LogP contribution >= 0.6 is 0 Å². The van der Waals surface area contributed by atoms with Crippen LogP contribution in [0.1, 0.15) is 31.7 Å². The van der Waals surface area contributed by atoms with Gasteiger partial charge >= 0.3 is 5.97 Å². The first-order chi connectivity index (χ1) is 16.5. The minimum absolute atomic E-state index is 0.0860. The van der Waals surface area contributed by atoms with Crippen LogP contribution in [0.5, 0.6) is 0 Å². The second kappa shape index (κ2) is 9.05. The Bertz CT molecular complexity index is 1330. The fraction of sp³-hybridized carbons (Fsp3) is 0.269. The Morgan fingerprint density at radius 3 is 2.35 bits per heavy atom. The van der Waals surface area contributed by atoms with Crippen molar-refractivity contribution in [2.24, 2.45) is 5.92 Å². The first-order valence-electron chi connectivity index (χ1n) is 11.4. The van der Waals surface area contributed by atoms with Crippen molar-refractivity contribution in [3.05, 3.63) is 66.2 Å². The molecule has 1 atom stereocenters. The van der Waals surface area contributed by atoms with Crippen molar-refractivity contribution in [1.82, 2.24) is 25.5 Å². The van der Waals surface area contributed by atoms with Crippen LogP contribution in [0.4, 0.5) is 0 Å². The zero-order valence-electron chi connectivity index (χ0n) is 18.8. The van der Waals surface area contributed by atoms with Crippen molar-refractivity contribution in [1.29, 1.82) is 0 Å². The number of aromatic nitrogens is 4. The number of rotatable bonds is 8. The lowest BCUT2D eigenvalue weighted by Crippen LogP contribution is -2.42. The van der Waals surface area contributed by atoms with E-state index < -0.39 is 12.0 Å². The molecule has 0 radical (unpaired) electrons. The molecule has 0 saturated heterocycles. The molecule has 1 unspecified atom stereocenters. The molecular formula is C26H25N5O3. The average molecular weight is 456 g/mol. The summed E-state index contributed by atoms with van der Waals surface area (Å²) in [5.74, 6) is -0.108. The van der Waals surface area contributed by atoms with Gasteiger partial charge in [-0.05, 0) is 70.5 Å². The van der Waals surface area contributed by atoms with Gasteiger partial charge in [0.05, 0.1) is 0 Å². The lowest BCUT2D eigenvalue weighted by Gasteiger charge is -2.27. The average Bonchev–Trinajstić information content (AvgIpc) is 3.49. The van der Waals surface area contributed by atoms with Crippen molar-refractivity contribution >= 4 is 22.6 Å². The number of amides is 1. The van der Waals surface area contributed by atoms with Crippen LogP contribution in [0.2, 0.25) is 0 Å². The molecule has 8 nitrogen and oxygen atoms in total. The topological polar surface area (TPSA) is 112 Å². The summed E-state index contributed by atoms with van der Waals surface area (Å²) in [6.45, 7) is 1.86. The fourth-order valence-corrected chi connectivity index (χ4v) is 4.13. The van der Waals surface area contributed by atoms with Gasteiger partial charge in [-0.25, -0.2) is 4.79 Å². The number of carbonyl (C=O) groups is 2. The SMILES string of the molecule is CC(C(=O)O)N(Cc1ccc2cc(-c3ccc(-c4nn[nH]n4)cc3)ccc2c1)C(=O)CC1CC1. The Balaban J connectivity index is 1.36. The van der Waals surface area contributed by atoms with Gasteiger partial charge in [-0.3, -0.25) is 4.79 Å². The maximum absolute atomic E-state index is 12.8. The Labute approximate surface area is 196 Å². The molecule has 1 aliphatic rings. The quantitative estimate of drug-likeness (QED) is 0.410. The zero-order valence-corrected chi connectivity index (χ0v) is 18.8. The van der Waals surface area contributed by atoms with E-state index in [-0.39, 0.29) is 12.5 Å². The Morgan fingerprint density at radius 1 is 1.00 bits per heavy atom. The van der Waals surface area contributed by atoms with Gasteiger partial charge in [0.15, 0.2) is 0 Å². The highest BCUT2D eigenvalue weighted by molar-refractivity contribution is 5.88. The van der Waals surface area contributed by atoms with Crippen LogP contribution in [-0.4, -0.2) is 48.5 Å². The number of fused-ring (bicyclic) bond motifs is 1. The van der Waals surface area contributed by atoms with Crippen molar-refractivity contribution < 1.29 is 14.7 Å². The van der Waals surface area contributed by atoms with Crippen molar-refractivity contribution in [2.45, 2.75) is 38.8 Å². The highest BCUT2D eigenvalue weighted by Crippen LogP contribution is 2.33. The van der Waals surface area contributed by atoms with Gasteiger partial charge < -0.3 is 10.0 Å². The van der Waals surface area contributed by atoms with Gasteiger partial charge in [0.25, 0.3) is 0 Å². The Hall–Kier alpha value is -4.07. The van der Waals surface area contributed by atoms with Gasteiger partial charge in [0.2, 0.25) is 11.7 Å². The van der Waals surface area contributed by atoms with E-state index in [0.717, 1.165) is 45.9 Å². The number of carboxylic acid groups (broad SMARTS) is 1. The molecule has 1 heterocycles. The van der Waals surface area contributed by atoms with E-state index in [2.05, 4.69) is 38.8 Å². The van der Waals surface area contributed by atoms with Crippen LogP contribution in [0.15, 0.2) is 60.7 Å². The highest BCUT2D eigenvalue weighted by Gasteiger charge is 2.31. The number of hydrogen-bond donors (Lipinski definition) is 2. The van der Waals surface area contributed by atoms with E-state index in [1.165, 1.54) is 4.90 Å². The first kappa shape index (κ1) is 21.8. The number of aromatic amines is 1. The molecule has 1 aliphatic carbocycles. The summed E-state index contributed by atoms with van der Waals surface area (Å²) in [5.41, 5.74) is 3.97. The van der Waals surface area contributed by atoms with Gasteiger partial charge in [-0.2, -0.15) is 5.21 Å². The monoisotopic (exact) mass is 455 g/mol. The molecule has 3 aromatic carbocycles. The van der Waals surface area contributed by atoms with Gasteiger partial charge in [-0.1, -0.05) is 48.5 Å². The first-order valence-corrected chi connectivity index (χ1v) is 11.4. The number of hydrogen-bond acceptors (Lipinski definition) is 5. The molecule has 8 heteroatoms. The molecule has 1 aromatic heterocycles. The van der Waals surface area contributed by atoms with Gasteiger partial charge in [-0.15, -0.1) is 10.2 Å². The number of H-pyrrole nitrogens is 1. The maximum atomic E-state index is 12.8. The van der Waals surface area contributed by atoms with Crippen LogP contribution < -0.4 is 0 Å². The molecule has 4 aromatic rings. The molecule has 0 spiro atoms. The van der Waals surface area contributed by atoms with E-state index in [9.17, 15) is 14.7 Å². The normalized spacial score (nSPS) is 14.1. The third-order valence-electron chi connectivity index (χ3n) is 6.38. The molecule has 0 bridgehead atoms. The second-order valence-electron chi connectivity index (χ2n) is 8.89. The van der Waals surface area contributed by atoms with Gasteiger partial charge in [0.1, 0.15) is 6.04 Å². The lowest BCUT2D eigenvalue weighted by molar-refractivity contribution is -0.150. The number of nitrogens with zero attached hydrogens (tertiary/aromatic N) is 4. The number of benzene rings is 3. The minimum Gasteiger partial charge on any atom is -0.480 e. The number of carboxylic acids is 1. The molecule has 2 N–H and O–H groups in total. The predicted molar refractivity (Wildman–Crippen MR) is 128 cm³/mol. The highest BCUT2D eigenvalue weighted by atomic mass is 16.4. The lowest BCUT2D eigenvalue weighted by atomic mass is 9.99. The summed E-state index contributed by atoms with van der Waals surface area (Å²) in [4.78, 5) is 25.8. The molecule has 34 heavy (non-hydrogen) atoms. The van der Waals surface area contributed by atoms with Crippen molar-refractivity contribution in [3.8, 4) is 22.5 Å². The van der Waals surface area contributed by atoms with Crippen LogP contribution in [0.3, 0.4) is 0 Å². The molecule has 172 valence electrons. The summed E-state index contributed by atoms with van der Waals surface area (Å²) in [7, 11) is 0. The largest absolute Gasteiger partial charge is 0.480 e. The van der Waals surface area contributed by atoms with E-state index >= 15 is 0 Å². The maximum Gasteiger partial charge on any atom is 0.326 e. The molecule has 0 aliphatic heterocycles. The number of aliphatic carboxylic acids is 1. The summed E-state index contributed by atoms with van der Waals surface area (Å²) in [5, 5.41) is 25.7. The van der Waals surface area contributed by atoms with Gasteiger partial charge in [0, 0.05) is 18.5 Å². The summed E-state index contributed by atoms with van der Waals surface area (Å²) in [6, 6.07) is 19.4. The molecule has 5 rings (SSSR count). The van der Waals surface area contributed by atoms with Crippen LogP contribution in [0.25, 0.3) is 33.3 Å². The minimum atomic E-state index is -0.986. The smallest absolute Gasteiger partial charge is 0.326 e. The third kappa shape index (κ3) is 4.66. The molecule has 1 amide bonds. The third-order valence-corrected chi connectivity index (χ3v) is 6.38. The van der Waals surface area contributed by atoms with E-state index in [0.29, 0.717) is 18.2 Å². The second-order valence-corrected chi connectivity index (χ2v) is 8.89. The van der Waals surface area contributed by atoms with E-state index in [4.69, 9.17) is 0 Å². The Kier molecular flexibility index (Phi) is 5.79. The van der Waals surface area contributed by atoms with Crippen LogP contribution in [-0.2, 0) is 16.1 Å². The van der Waals surface area contributed by atoms with Crippen LogP contribution in [0, 0.1) is 5.92 Å². The van der Waals surface area contributed by atoms with Crippen molar-refractivity contribution in [3.63, 3.8) is 0 Å². The number of nitrogens with one attached hydrogen (secondary N) is 1. The fourth-order valence-electron chi connectivity index (χ4n) is 4.13. The Morgan fingerprint density at radius 2 is 1.68 bits per heavy atom. The predicted octanol–water partition coefficient (Wildman–Crippen LogP) is 4.29.